The van der Waals surface area contributed by atoms with Crippen LogP contribution in [0.1, 0.15) is 10.4 Å². The molecular formula is C16H17NO4S2. The highest BCUT2D eigenvalue weighted by Gasteiger charge is 2.19. The van der Waals surface area contributed by atoms with Crippen LogP contribution >= 0.6 is 11.8 Å². The third kappa shape index (κ3) is 4.13. The summed E-state index contributed by atoms with van der Waals surface area (Å²) in [5.41, 5.74) is 0.182. The van der Waals surface area contributed by atoms with Gasteiger partial charge in [-0.3, -0.25) is 0 Å². The van der Waals surface area contributed by atoms with E-state index in [0.717, 1.165) is 9.20 Å². The molecule has 2 aromatic rings. The number of carbonyl (C=O) groups excluding carboxylic acids is 1. The molecule has 0 aliphatic rings. The quantitative estimate of drug-likeness (QED) is 0.471. The van der Waals surface area contributed by atoms with Crippen molar-refractivity contribution in [3.05, 3.63) is 54.1 Å². The maximum absolute atomic E-state index is 12.2. The third-order valence-electron chi connectivity index (χ3n) is 3.12. The summed E-state index contributed by atoms with van der Waals surface area (Å²) in [6.07, 6.45) is 1.96. The van der Waals surface area contributed by atoms with Gasteiger partial charge in [-0.15, -0.1) is 11.8 Å². The van der Waals surface area contributed by atoms with Crippen LogP contribution in [0.2, 0.25) is 0 Å². The van der Waals surface area contributed by atoms with Crippen molar-refractivity contribution in [2.45, 2.75) is 9.79 Å². The largest absolute Gasteiger partial charge is 0.423 e. The van der Waals surface area contributed by atoms with Crippen molar-refractivity contribution in [2.24, 2.45) is 0 Å². The molecule has 2 aromatic carbocycles. The molecule has 0 radical (unpaired) electrons. The van der Waals surface area contributed by atoms with E-state index in [-0.39, 0.29) is 10.5 Å². The summed E-state index contributed by atoms with van der Waals surface area (Å²) in [6.45, 7) is 0. The molecule has 0 aliphatic heterocycles. The fourth-order valence-corrected chi connectivity index (χ4v) is 3.16. The molecule has 0 saturated carbocycles. The van der Waals surface area contributed by atoms with Gasteiger partial charge in [0.25, 0.3) is 0 Å². The lowest BCUT2D eigenvalue weighted by atomic mass is 10.2. The van der Waals surface area contributed by atoms with Crippen LogP contribution in [0.25, 0.3) is 0 Å². The molecule has 0 spiro atoms. The van der Waals surface area contributed by atoms with Gasteiger partial charge in [0.2, 0.25) is 10.0 Å². The fourth-order valence-electron chi connectivity index (χ4n) is 1.80. The minimum absolute atomic E-state index is 0.0506. The van der Waals surface area contributed by atoms with Crippen molar-refractivity contribution in [3.8, 4) is 5.75 Å². The van der Waals surface area contributed by atoms with Gasteiger partial charge in [-0.2, -0.15) is 0 Å². The Balaban J connectivity index is 2.23. The molecule has 0 bridgehead atoms. The molecule has 0 fully saturated rings. The second kappa shape index (κ2) is 7.16. The number of hydrogen-bond donors (Lipinski definition) is 0. The first-order chi connectivity index (χ1) is 10.8. The predicted molar refractivity (Wildman–Crippen MR) is 90.5 cm³/mol. The summed E-state index contributed by atoms with van der Waals surface area (Å²) in [5.74, 6) is -0.189. The average molecular weight is 351 g/mol. The molecule has 0 heterocycles. The van der Waals surface area contributed by atoms with E-state index in [9.17, 15) is 13.2 Å². The lowest BCUT2D eigenvalue weighted by molar-refractivity contribution is 0.0734. The maximum Gasteiger partial charge on any atom is 0.343 e. The van der Waals surface area contributed by atoms with Crippen molar-refractivity contribution >= 4 is 27.8 Å². The minimum Gasteiger partial charge on any atom is -0.423 e. The Labute approximate surface area is 140 Å². The number of benzene rings is 2. The molecule has 0 saturated heterocycles. The predicted octanol–water partition coefficient (Wildman–Crippen LogP) is 2.88. The van der Waals surface area contributed by atoms with Gasteiger partial charge in [0, 0.05) is 19.0 Å². The van der Waals surface area contributed by atoms with E-state index in [4.69, 9.17) is 4.74 Å². The zero-order chi connectivity index (χ0) is 17.0. The van der Waals surface area contributed by atoms with Crippen LogP contribution in [-0.4, -0.2) is 39.0 Å². The number of nitrogens with zero attached hydrogens (tertiary/aromatic N) is 1. The number of esters is 1. The lowest BCUT2D eigenvalue weighted by Gasteiger charge is -2.12. The van der Waals surface area contributed by atoms with Crippen molar-refractivity contribution in [1.29, 1.82) is 0 Å². The molecule has 0 unspecified atom stereocenters. The summed E-state index contributed by atoms with van der Waals surface area (Å²) in [5, 5.41) is 0. The van der Waals surface area contributed by atoms with Gasteiger partial charge < -0.3 is 4.74 Å². The van der Waals surface area contributed by atoms with Gasteiger partial charge >= 0.3 is 5.97 Å². The number of hydrogen-bond acceptors (Lipinski definition) is 5. The lowest BCUT2D eigenvalue weighted by Crippen LogP contribution is -2.22. The molecule has 0 amide bonds. The maximum atomic E-state index is 12.2. The van der Waals surface area contributed by atoms with Crippen molar-refractivity contribution in [2.75, 3.05) is 20.4 Å². The summed E-state index contributed by atoms with van der Waals surface area (Å²) in [7, 11) is -0.716. The van der Waals surface area contributed by atoms with Crippen LogP contribution in [0, 0.1) is 0 Å². The molecule has 122 valence electrons. The topological polar surface area (TPSA) is 63.7 Å². The van der Waals surface area contributed by atoms with Crippen LogP contribution in [0.4, 0.5) is 0 Å². The zero-order valence-corrected chi connectivity index (χ0v) is 14.6. The van der Waals surface area contributed by atoms with Gasteiger partial charge in [0.1, 0.15) is 5.75 Å². The first-order valence-corrected chi connectivity index (χ1v) is 9.40. The van der Waals surface area contributed by atoms with E-state index >= 15 is 0 Å². The van der Waals surface area contributed by atoms with Crippen LogP contribution < -0.4 is 4.74 Å². The monoisotopic (exact) mass is 351 g/mol. The first-order valence-electron chi connectivity index (χ1n) is 6.73. The number of carbonyl (C=O) groups is 1. The van der Waals surface area contributed by atoms with Crippen molar-refractivity contribution in [3.63, 3.8) is 0 Å². The Kier molecular flexibility index (Phi) is 5.46. The number of rotatable bonds is 5. The first kappa shape index (κ1) is 17.5. The average Bonchev–Trinajstić information content (AvgIpc) is 2.55. The standard InChI is InChI=1S/C16H17NO4S2/c1-17(2)23(19,20)15-6-4-5-12(11-15)16(18)21-13-7-9-14(22-3)10-8-13/h4-11H,1-3H3. The third-order valence-corrected chi connectivity index (χ3v) is 5.67. The molecule has 2 rings (SSSR count). The normalized spacial score (nSPS) is 11.5. The van der Waals surface area contributed by atoms with Crippen LogP contribution in [0.5, 0.6) is 5.75 Å². The van der Waals surface area contributed by atoms with Gasteiger partial charge in [0.15, 0.2) is 0 Å². The Morgan fingerprint density at radius 2 is 1.74 bits per heavy atom. The molecule has 5 nitrogen and oxygen atoms in total. The van der Waals surface area contributed by atoms with E-state index in [1.165, 1.54) is 38.4 Å². The van der Waals surface area contributed by atoms with Crippen molar-refractivity contribution < 1.29 is 17.9 Å². The Hall–Kier alpha value is -1.83. The Morgan fingerprint density at radius 1 is 1.09 bits per heavy atom. The molecule has 23 heavy (non-hydrogen) atoms. The molecular weight excluding hydrogens is 334 g/mol. The van der Waals surface area contributed by atoms with Crippen LogP contribution in [-0.2, 0) is 10.0 Å². The highest BCUT2D eigenvalue weighted by molar-refractivity contribution is 7.98. The Morgan fingerprint density at radius 3 is 2.30 bits per heavy atom. The van der Waals surface area contributed by atoms with E-state index in [1.54, 1.807) is 23.9 Å². The van der Waals surface area contributed by atoms with E-state index < -0.39 is 16.0 Å². The SMILES string of the molecule is CSc1ccc(OC(=O)c2cccc(S(=O)(=O)N(C)C)c2)cc1. The number of sulfonamides is 1. The number of ether oxygens (including phenoxy) is 1. The van der Waals surface area contributed by atoms with E-state index in [0.29, 0.717) is 5.75 Å². The van der Waals surface area contributed by atoms with Gasteiger partial charge in [-0.05, 0) is 48.7 Å². The minimum atomic E-state index is -3.59. The summed E-state index contributed by atoms with van der Waals surface area (Å²) < 4.78 is 30.6. The molecule has 0 N–H and O–H groups in total. The van der Waals surface area contributed by atoms with E-state index in [1.807, 2.05) is 18.4 Å². The van der Waals surface area contributed by atoms with Gasteiger partial charge in [-0.25, -0.2) is 17.5 Å². The van der Waals surface area contributed by atoms with Gasteiger partial charge in [-0.1, -0.05) is 6.07 Å². The second-order valence-corrected chi connectivity index (χ2v) is 7.91. The molecule has 7 heteroatoms. The zero-order valence-electron chi connectivity index (χ0n) is 13.0. The van der Waals surface area contributed by atoms with Crippen LogP contribution in [0.3, 0.4) is 0 Å². The van der Waals surface area contributed by atoms with Crippen LogP contribution in [0.15, 0.2) is 58.3 Å². The highest BCUT2D eigenvalue weighted by Crippen LogP contribution is 2.21. The molecule has 0 atom stereocenters. The summed E-state index contributed by atoms with van der Waals surface area (Å²) >= 11 is 1.59. The number of thioether (sulfide) groups is 1. The second-order valence-electron chi connectivity index (χ2n) is 4.88. The molecule has 0 aromatic heterocycles. The van der Waals surface area contributed by atoms with E-state index in [2.05, 4.69) is 0 Å². The summed E-state index contributed by atoms with van der Waals surface area (Å²) in [6, 6.07) is 12.9. The highest BCUT2D eigenvalue weighted by atomic mass is 32.2. The Bertz CT molecular complexity index is 799. The summed E-state index contributed by atoms with van der Waals surface area (Å²) in [4.78, 5) is 13.3. The van der Waals surface area contributed by atoms with Crippen molar-refractivity contribution in [1.82, 2.24) is 4.31 Å². The smallest absolute Gasteiger partial charge is 0.343 e. The van der Waals surface area contributed by atoms with Gasteiger partial charge in [0.05, 0.1) is 10.5 Å². The fraction of sp³-hybridized carbons (Fsp3) is 0.188. The molecule has 0 aliphatic carbocycles.